The Morgan fingerprint density at radius 3 is 3.00 bits per heavy atom. The van der Waals surface area contributed by atoms with Crippen molar-refractivity contribution in [3.8, 4) is 5.75 Å². The summed E-state index contributed by atoms with van der Waals surface area (Å²) in [6.45, 7) is 0. The van der Waals surface area contributed by atoms with E-state index in [4.69, 9.17) is 5.11 Å². The number of fused-ring (bicyclic) bond motifs is 1. The van der Waals surface area contributed by atoms with E-state index in [0.29, 0.717) is 5.39 Å². The Labute approximate surface area is 72.6 Å². The molecule has 0 aliphatic carbocycles. The summed E-state index contributed by atoms with van der Waals surface area (Å²) in [5, 5.41) is 9.79. The summed E-state index contributed by atoms with van der Waals surface area (Å²) in [6, 6.07) is 4.77. The molecule has 4 heteroatoms. The fourth-order valence-electron chi connectivity index (χ4n) is 1.12. The van der Waals surface area contributed by atoms with Gasteiger partial charge < -0.3 is 5.11 Å². The maximum absolute atomic E-state index is 11.3. The minimum atomic E-state index is -0.00463. The molecule has 0 aliphatic heterocycles. The molecule has 3 nitrogen and oxygen atoms in total. The van der Waals surface area contributed by atoms with Crippen molar-refractivity contribution in [3.05, 3.63) is 28.6 Å². The number of aryl methyl sites for hydroxylation is 1. The Morgan fingerprint density at radius 2 is 2.25 bits per heavy atom. The predicted octanol–water partition coefficient (Wildman–Crippen LogP) is 1.31. The topological polar surface area (TPSA) is 42.2 Å². The van der Waals surface area contributed by atoms with Gasteiger partial charge in [0.25, 0.3) is 5.56 Å². The van der Waals surface area contributed by atoms with Crippen molar-refractivity contribution in [3.63, 3.8) is 0 Å². The molecule has 0 saturated carbocycles. The highest BCUT2D eigenvalue weighted by Gasteiger charge is 2.03. The molecule has 0 aliphatic rings. The third-order valence-electron chi connectivity index (χ3n) is 1.72. The van der Waals surface area contributed by atoms with Crippen molar-refractivity contribution < 1.29 is 5.11 Å². The highest BCUT2D eigenvalue weighted by molar-refractivity contribution is 7.13. The fraction of sp³-hybridized carbons (Fsp3) is 0.125. The smallest absolute Gasteiger partial charge is 0.268 e. The Kier molecular flexibility index (Phi) is 1.44. The van der Waals surface area contributed by atoms with Gasteiger partial charge in [-0.05, 0) is 18.2 Å². The summed E-state index contributed by atoms with van der Waals surface area (Å²) in [5.74, 6) is 0.198. The molecule has 1 aromatic carbocycles. The van der Waals surface area contributed by atoms with Crippen LogP contribution in [0.4, 0.5) is 0 Å². The standard InChI is InChI=1S/C8H7NO2S/c1-9-8(11)6-3-2-5(10)4-7(6)12-9/h2-4,10H,1H3. The molecule has 0 radical (unpaired) electrons. The average molecular weight is 181 g/mol. The average Bonchev–Trinajstić information content (AvgIpc) is 2.28. The number of hydrogen-bond acceptors (Lipinski definition) is 3. The van der Waals surface area contributed by atoms with Gasteiger partial charge in [0.05, 0.1) is 10.1 Å². The van der Waals surface area contributed by atoms with E-state index in [9.17, 15) is 4.79 Å². The van der Waals surface area contributed by atoms with Crippen LogP contribution in [0.25, 0.3) is 10.1 Å². The highest BCUT2D eigenvalue weighted by Crippen LogP contribution is 2.20. The third kappa shape index (κ3) is 0.921. The van der Waals surface area contributed by atoms with Crippen LogP contribution in [-0.2, 0) is 7.05 Å². The van der Waals surface area contributed by atoms with E-state index in [1.54, 1.807) is 23.1 Å². The van der Waals surface area contributed by atoms with E-state index in [-0.39, 0.29) is 11.3 Å². The van der Waals surface area contributed by atoms with Crippen molar-refractivity contribution in [2.75, 3.05) is 0 Å². The van der Waals surface area contributed by atoms with E-state index in [1.807, 2.05) is 0 Å². The highest BCUT2D eigenvalue weighted by atomic mass is 32.1. The van der Waals surface area contributed by atoms with Crippen LogP contribution in [0.1, 0.15) is 0 Å². The number of nitrogens with zero attached hydrogens (tertiary/aromatic N) is 1. The van der Waals surface area contributed by atoms with Gasteiger partial charge in [-0.2, -0.15) is 0 Å². The van der Waals surface area contributed by atoms with E-state index in [1.165, 1.54) is 17.6 Å². The van der Waals surface area contributed by atoms with E-state index >= 15 is 0 Å². The van der Waals surface area contributed by atoms with Gasteiger partial charge in [0.1, 0.15) is 5.75 Å². The second kappa shape index (κ2) is 2.35. The quantitative estimate of drug-likeness (QED) is 0.665. The van der Waals surface area contributed by atoms with Crippen LogP contribution in [-0.4, -0.2) is 9.06 Å². The lowest BCUT2D eigenvalue weighted by molar-refractivity contribution is 0.476. The summed E-state index contributed by atoms with van der Waals surface area (Å²) < 4.78 is 2.37. The van der Waals surface area contributed by atoms with Crippen LogP contribution in [0.2, 0.25) is 0 Å². The number of rotatable bonds is 0. The lowest BCUT2D eigenvalue weighted by Crippen LogP contribution is -2.07. The van der Waals surface area contributed by atoms with Gasteiger partial charge in [-0.1, -0.05) is 11.5 Å². The van der Waals surface area contributed by atoms with Crippen molar-refractivity contribution in [1.29, 1.82) is 0 Å². The van der Waals surface area contributed by atoms with Crippen LogP contribution in [0.3, 0.4) is 0 Å². The first kappa shape index (κ1) is 7.36. The van der Waals surface area contributed by atoms with E-state index < -0.39 is 0 Å². The van der Waals surface area contributed by atoms with E-state index in [0.717, 1.165) is 4.70 Å². The summed E-state index contributed by atoms with van der Waals surface area (Å²) in [4.78, 5) is 11.3. The molecule has 62 valence electrons. The molecule has 0 bridgehead atoms. The van der Waals surface area contributed by atoms with Gasteiger partial charge in [-0.3, -0.25) is 8.75 Å². The van der Waals surface area contributed by atoms with Crippen LogP contribution < -0.4 is 5.56 Å². The number of phenols is 1. The summed E-state index contributed by atoms with van der Waals surface area (Å²) in [5.41, 5.74) is -0.00463. The molecule has 0 amide bonds. The van der Waals surface area contributed by atoms with Crippen LogP contribution in [0.15, 0.2) is 23.0 Å². The van der Waals surface area contributed by atoms with E-state index in [2.05, 4.69) is 0 Å². The Morgan fingerprint density at radius 1 is 1.50 bits per heavy atom. The van der Waals surface area contributed by atoms with Crippen molar-refractivity contribution >= 4 is 21.6 Å². The first-order valence-electron chi connectivity index (χ1n) is 3.47. The molecular formula is C8H7NO2S. The molecule has 12 heavy (non-hydrogen) atoms. The fourth-order valence-corrected chi connectivity index (χ4v) is 2.03. The second-order valence-corrected chi connectivity index (χ2v) is 3.74. The van der Waals surface area contributed by atoms with Gasteiger partial charge in [-0.25, -0.2) is 0 Å². The number of hydrogen-bond donors (Lipinski definition) is 1. The Balaban J connectivity index is 2.97. The maximum Gasteiger partial charge on any atom is 0.268 e. The molecular weight excluding hydrogens is 174 g/mol. The second-order valence-electron chi connectivity index (χ2n) is 2.57. The molecule has 1 heterocycles. The number of phenolic OH excluding ortho intramolecular Hbond substituents is 1. The summed E-state index contributed by atoms with van der Waals surface area (Å²) in [6.07, 6.45) is 0. The van der Waals surface area contributed by atoms with Crippen LogP contribution in [0.5, 0.6) is 5.75 Å². The minimum absolute atomic E-state index is 0.00463. The van der Waals surface area contributed by atoms with Crippen molar-refractivity contribution in [2.24, 2.45) is 7.05 Å². The number of aromatic hydroxyl groups is 1. The SMILES string of the molecule is Cn1sc2cc(O)ccc2c1=O. The van der Waals surface area contributed by atoms with Gasteiger partial charge in [0.2, 0.25) is 0 Å². The molecule has 0 fully saturated rings. The van der Waals surface area contributed by atoms with Crippen LogP contribution >= 0.6 is 11.5 Å². The van der Waals surface area contributed by atoms with Gasteiger partial charge in [0, 0.05) is 7.05 Å². The maximum atomic E-state index is 11.3. The third-order valence-corrected chi connectivity index (χ3v) is 2.69. The lowest BCUT2D eigenvalue weighted by Gasteiger charge is -1.87. The van der Waals surface area contributed by atoms with Crippen LogP contribution in [0, 0.1) is 0 Å². The zero-order valence-electron chi connectivity index (χ0n) is 6.44. The molecule has 2 aromatic rings. The minimum Gasteiger partial charge on any atom is -0.508 e. The Bertz CT molecular complexity index is 483. The summed E-state index contributed by atoms with van der Waals surface area (Å²) in [7, 11) is 1.71. The first-order valence-corrected chi connectivity index (χ1v) is 4.25. The van der Waals surface area contributed by atoms with Crippen molar-refractivity contribution in [2.45, 2.75) is 0 Å². The molecule has 2 rings (SSSR count). The molecule has 0 unspecified atom stereocenters. The number of aromatic nitrogens is 1. The largest absolute Gasteiger partial charge is 0.508 e. The summed E-state index contributed by atoms with van der Waals surface area (Å²) >= 11 is 1.34. The zero-order chi connectivity index (χ0) is 8.72. The monoisotopic (exact) mass is 181 g/mol. The number of benzene rings is 1. The molecule has 1 aromatic heterocycles. The van der Waals surface area contributed by atoms with Gasteiger partial charge in [0.15, 0.2) is 0 Å². The lowest BCUT2D eigenvalue weighted by atomic mass is 10.3. The normalized spacial score (nSPS) is 10.8. The van der Waals surface area contributed by atoms with Gasteiger partial charge in [-0.15, -0.1) is 0 Å². The predicted molar refractivity (Wildman–Crippen MR) is 48.7 cm³/mol. The first-order chi connectivity index (χ1) is 5.68. The van der Waals surface area contributed by atoms with Gasteiger partial charge >= 0.3 is 0 Å². The Hall–Kier alpha value is -1.29. The zero-order valence-corrected chi connectivity index (χ0v) is 7.26. The van der Waals surface area contributed by atoms with Crippen molar-refractivity contribution in [1.82, 2.24) is 3.96 Å². The molecule has 1 N–H and O–H groups in total. The molecule has 0 atom stereocenters. The molecule has 0 saturated heterocycles. The molecule has 0 spiro atoms.